The van der Waals surface area contributed by atoms with Gasteiger partial charge in [0.05, 0.1) is 18.3 Å². The molecule has 0 fully saturated rings. The predicted octanol–water partition coefficient (Wildman–Crippen LogP) is 0.695. The number of hydrogen-bond donors (Lipinski definition) is 2. The smallest absolute Gasteiger partial charge is 0.305 e. The van der Waals surface area contributed by atoms with E-state index in [2.05, 4.69) is 10.4 Å². The van der Waals surface area contributed by atoms with Gasteiger partial charge < -0.3 is 10.4 Å². The molecule has 1 unspecified atom stereocenters. The van der Waals surface area contributed by atoms with E-state index in [9.17, 15) is 4.79 Å². The molecule has 1 rings (SSSR count). The molecule has 0 spiro atoms. The van der Waals surface area contributed by atoms with Crippen molar-refractivity contribution in [1.29, 1.82) is 0 Å². The standard InChI is InChI=1S/C8H13N3O2/c1-6(3-8(12)13)10-7-4-9-11(2)5-7/h4-6,10H,3H2,1-2H3,(H,12,13). The molecule has 13 heavy (non-hydrogen) atoms. The molecule has 1 heterocycles. The predicted molar refractivity (Wildman–Crippen MR) is 48.5 cm³/mol. The summed E-state index contributed by atoms with van der Waals surface area (Å²) in [6, 6.07) is -0.0818. The van der Waals surface area contributed by atoms with Crippen molar-refractivity contribution in [2.45, 2.75) is 19.4 Å². The van der Waals surface area contributed by atoms with Gasteiger partial charge in [-0.2, -0.15) is 5.10 Å². The summed E-state index contributed by atoms with van der Waals surface area (Å²) in [5.41, 5.74) is 0.844. The van der Waals surface area contributed by atoms with E-state index in [1.807, 2.05) is 14.0 Å². The zero-order valence-corrected chi connectivity index (χ0v) is 7.69. The van der Waals surface area contributed by atoms with Gasteiger partial charge in [-0.25, -0.2) is 0 Å². The topological polar surface area (TPSA) is 67.2 Å². The highest BCUT2D eigenvalue weighted by Crippen LogP contribution is 2.07. The Balaban J connectivity index is 2.44. The van der Waals surface area contributed by atoms with Crippen molar-refractivity contribution in [3.8, 4) is 0 Å². The molecule has 1 aromatic heterocycles. The van der Waals surface area contributed by atoms with Gasteiger partial charge in [0.1, 0.15) is 0 Å². The van der Waals surface area contributed by atoms with Gasteiger partial charge in [-0.15, -0.1) is 0 Å². The molecule has 0 aliphatic rings. The number of nitrogens with zero attached hydrogens (tertiary/aromatic N) is 2. The maximum atomic E-state index is 10.3. The van der Waals surface area contributed by atoms with Crippen LogP contribution < -0.4 is 5.32 Å². The monoisotopic (exact) mass is 183 g/mol. The molecule has 0 bridgehead atoms. The summed E-state index contributed by atoms with van der Waals surface area (Å²) >= 11 is 0. The van der Waals surface area contributed by atoms with E-state index in [-0.39, 0.29) is 12.5 Å². The number of carboxylic acids is 1. The first-order valence-electron chi connectivity index (χ1n) is 4.05. The molecule has 0 aliphatic carbocycles. The van der Waals surface area contributed by atoms with E-state index >= 15 is 0 Å². The molecule has 0 saturated carbocycles. The highest BCUT2D eigenvalue weighted by molar-refractivity contribution is 5.68. The minimum Gasteiger partial charge on any atom is -0.481 e. The molecule has 5 nitrogen and oxygen atoms in total. The molecular formula is C8H13N3O2. The Morgan fingerprint density at radius 3 is 3.00 bits per heavy atom. The normalized spacial score (nSPS) is 12.5. The second-order valence-corrected chi connectivity index (χ2v) is 3.05. The van der Waals surface area contributed by atoms with Crippen LogP contribution in [0.15, 0.2) is 12.4 Å². The lowest BCUT2D eigenvalue weighted by Gasteiger charge is -2.09. The van der Waals surface area contributed by atoms with Crippen LogP contribution in [0.1, 0.15) is 13.3 Å². The number of aromatic nitrogens is 2. The summed E-state index contributed by atoms with van der Waals surface area (Å²) < 4.78 is 1.66. The Bertz CT molecular complexity index is 295. The number of aryl methyl sites for hydroxylation is 1. The van der Waals surface area contributed by atoms with Gasteiger partial charge in [-0.05, 0) is 6.92 Å². The van der Waals surface area contributed by atoms with E-state index in [0.717, 1.165) is 5.69 Å². The summed E-state index contributed by atoms with van der Waals surface area (Å²) in [7, 11) is 1.81. The number of carbonyl (C=O) groups is 1. The van der Waals surface area contributed by atoms with Crippen LogP contribution in [0.4, 0.5) is 5.69 Å². The van der Waals surface area contributed by atoms with Crippen LogP contribution in [0, 0.1) is 0 Å². The molecule has 0 amide bonds. The Morgan fingerprint density at radius 2 is 2.54 bits per heavy atom. The van der Waals surface area contributed by atoms with Crippen LogP contribution in [0.25, 0.3) is 0 Å². The lowest BCUT2D eigenvalue weighted by atomic mass is 10.2. The summed E-state index contributed by atoms with van der Waals surface area (Å²) in [6.07, 6.45) is 3.57. The summed E-state index contributed by atoms with van der Waals surface area (Å²) in [5.74, 6) is -0.802. The van der Waals surface area contributed by atoms with Gasteiger partial charge >= 0.3 is 5.97 Å². The second kappa shape index (κ2) is 3.93. The molecule has 2 N–H and O–H groups in total. The molecule has 5 heteroatoms. The van der Waals surface area contributed by atoms with Gasteiger partial charge in [-0.1, -0.05) is 0 Å². The average molecular weight is 183 g/mol. The number of carboxylic acid groups (broad SMARTS) is 1. The minimum atomic E-state index is -0.802. The average Bonchev–Trinajstić information content (AvgIpc) is 2.33. The lowest BCUT2D eigenvalue weighted by molar-refractivity contribution is -0.137. The van der Waals surface area contributed by atoms with E-state index in [0.29, 0.717) is 0 Å². The van der Waals surface area contributed by atoms with Gasteiger partial charge in [0.25, 0.3) is 0 Å². The van der Waals surface area contributed by atoms with E-state index < -0.39 is 5.97 Å². The molecule has 1 atom stereocenters. The third-order valence-corrected chi connectivity index (χ3v) is 1.60. The molecule has 72 valence electrons. The Morgan fingerprint density at radius 1 is 1.85 bits per heavy atom. The fraction of sp³-hybridized carbons (Fsp3) is 0.500. The largest absolute Gasteiger partial charge is 0.481 e. The summed E-state index contributed by atoms with van der Waals surface area (Å²) in [4.78, 5) is 10.3. The molecular weight excluding hydrogens is 170 g/mol. The number of hydrogen-bond acceptors (Lipinski definition) is 3. The first-order chi connectivity index (χ1) is 6.08. The number of aliphatic carboxylic acids is 1. The van der Waals surface area contributed by atoms with Gasteiger partial charge in [-0.3, -0.25) is 9.48 Å². The first-order valence-corrected chi connectivity index (χ1v) is 4.05. The molecule has 1 aromatic rings. The minimum absolute atomic E-state index is 0.0818. The fourth-order valence-corrected chi connectivity index (χ4v) is 1.09. The Labute approximate surface area is 76.4 Å². The summed E-state index contributed by atoms with van der Waals surface area (Å²) in [5, 5.41) is 15.5. The third-order valence-electron chi connectivity index (χ3n) is 1.60. The van der Waals surface area contributed by atoms with Crippen LogP contribution >= 0.6 is 0 Å². The van der Waals surface area contributed by atoms with Crippen LogP contribution in [0.5, 0.6) is 0 Å². The van der Waals surface area contributed by atoms with Crippen molar-refractivity contribution in [2.75, 3.05) is 5.32 Å². The van der Waals surface area contributed by atoms with Crippen LogP contribution in [0.2, 0.25) is 0 Å². The van der Waals surface area contributed by atoms with Crippen molar-refractivity contribution >= 4 is 11.7 Å². The van der Waals surface area contributed by atoms with Crippen LogP contribution in [-0.2, 0) is 11.8 Å². The molecule has 0 aliphatic heterocycles. The highest BCUT2D eigenvalue weighted by Gasteiger charge is 2.07. The fourth-order valence-electron chi connectivity index (χ4n) is 1.09. The lowest BCUT2D eigenvalue weighted by Crippen LogP contribution is -2.18. The van der Waals surface area contributed by atoms with E-state index in [4.69, 9.17) is 5.11 Å². The van der Waals surface area contributed by atoms with Gasteiger partial charge in [0.15, 0.2) is 0 Å². The second-order valence-electron chi connectivity index (χ2n) is 3.05. The molecule has 0 radical (unpaired) electrons. The van der Waals surface area contributed by atoms with Crippen LogP contribution in [0.3, 0.4) is 0 Å². The maximum absolute atomic E-state index is 10.3. The molecule has 0 saturated heterocycles. The van der Waals surface area contributed by atoms with E-state index in [1.54, 1.807) is 17.1 Å². The zero-order valence-electron chi connectivity index (χ0n) is 7.69. The van der Waals surface area contributed by atoms with Crippen molar-refractivity contribution in [3.05, 3.63) is 12.4 Å². The first kappa shape index (κ1) is 9.57. The SMILES string of the molecule is CC(CC(=O)O)Nc1cnn(C)c1. The molecule has 0 aromatic carbocycles. The number of nitrogens with one attached hydrogen (secondary N) is 1. The quantitative estimate of drug-likeness (QED) is 0.720. The number of rotatable bonds is 4. The van der Waals surface area contributed by atoms with E-state index in [1.165, 1.54) is 0 Å². The summed E-state index contributed by atoms with van der Waals surface area (Å²) in [6.45, 7) is 1.82. The van der Waals surface area contributed by atoms with Crippen molar-refractivity contribution < 1.29 is 9.90 Å². The third kappa shape index (κ3) is 3.14. The highest BCUT2D eigenvalue weighted by atomic mass is 16.4. The van der Waals surface area contributed by atoms with Gasteiger partial charge in [0, 0.05) is 19.3 Å². The van der Waals surface area contributed by atoms with Crippen molar-refractivity contribution in [1.82, 2.24) is 9.78 Å². The maximum Gasteiger partial charge on any atom is 0.305 e. The number of anilines is 1. The van der Waals surface area contributed by atoms with Crippen LogP contribution in [-0.4, -0.2) is 26.9 Å². The van der Waals surface area contributed by atoms with Crippen molar-refractivity contribution in [2.24, 2.45) is 7.05 Å². The van der Waals surface area contributed by atoms with Crippen molar-refractivity contribution in [3.63, 3.8) is 0 Å². The van der Waals surface area contributed by atoms with Gasteiger partial charge in [0.2, 0.25) is 0 Å². The zero-order chi connectivity index (χ0) is 9.84. The Hall–Kier alpha value is -1.52. The Kier molecular flexibility index (Phi) is 2.89.